The van der Waals surface area contributed by atoms with Crippen molar-refractivity contribution in [3.63, 3.8) is 0 Å². The van der Waals surface area contributed by atoms with E-state index >= 15 is 0 Å². The Morgan fingerprint density at radius 1 is 1.00 bits per heavy atom. The van der Waals surface area contributed by atoms with E-state index in [4.69, 9.17) is 4.52 Å². The third-order valence-electron chi connectivity index (χ3n) is 3.48. The molecule has 1 aromatic carbocycles. The van der Waals surface area contributed by atoms with Crippen molar-refractivity contribution in [2.75, 3.05) is 0 Å². The van der Waals surface area contributed by atoms with Gasteiger partial charge in [0.1, 0.15) is 17.8 Å². The van der Waals surface area contributed by atoms with Crippen molar-refractivity contribution in [1.82, 2.24) is 5.16 Å². The molecule has 0 N–H and O–H groups in total. The Labute approximate surface area is 136 Å². The van der Waals surface area contributed by atoms with E-state index in [-0.39, 0.29) is 30.0 Å². The first-order valence-electron chi connectivity index (χ1n) is 6.94. The number of hydrogen-bond acceptors (Lipinski definition) is 4. The van der Waals surface area contributed by atoms with Crippen LogP contribution in [0.3, 0.4) is 0 Å². The fourth-order valence-electron chi connectivity index (χ4n) is 2.33. The maximum atomic E-state index is 13.2. The minimum absolute atomic E-state index is 0.0671. The smallest absolute Gasteiger partial charge is 0.361 e. The van der Waals surface area contributed by atoms with E-state index in [1.165, 1.54) is 18.6 Å². The normalized spacial score (nSPS) is 17.4. The van der Waals surface area contributed by atoms with Gasteiger partial charge in [0.15, 0.2) is 0 Å². The molecule has 0 amide bonds. The topological polar surface area (TPSA) is 50.8 Å². The van der Waals surface area contributed by atoms with Crippen LogP contribution in [0.1, 0.15) is 16.9 Å². The fraction of sp³-hybridized carbons (Fsp3) is 0.267. The van der Waals surface area contributed by atoms with Crippen LogP contribution in [0, 0.1) is 0 Å². The van der Waals surface area contributed by atoms with Crippen molar-refractivity contribution < 1.29 is 30.9 Å². The molecule has 25 heavy (non-hydrogen) atoms. The van der Waals surface area contributed by atoms with E-state index in [9.17, 15) is 26.3 Å². The Hall–Kier alpha value is -2.65. The lowest BCUT2D eigenvalue weighted by Gasteiger charge is -2.14. The monoisotopic (exact) mass is 361 g/mol. The van der Waals surface area contributed by atoms with Gasteiger partial charge in [0.05, 0.1) is 17.2 Å². The first-order chi connectivity index (χ1) is 11.6. The van der Waals surface area contributed by atoms with Gasteiger partial charge in [-0.25, -0.2) is 4.99 Å². The Bertz CT molecular complexity index is 823. The van der Waals surface area contributed by atoms with Crippen LogP contribution in [-0.4, -0.2) is 23.8 Å². The number of halogens is 6. The van der Waals surface area contributed by atoms with Crippen molar-refractivity contribution in [2.45, 2.75) is 24.8 Å². The summed E-state index contributed by atoms with van der Waals surface area (Å²) in [6.45, 7) is 0. The summed E-state index contributed by atoms with van der Waals surface area (Å²) < 4.78 is 82.6. The van der Waals surface area contributed by atoms with E-state index in [2.05, 4.69) is 15.1 Å². The molecule has 2 heterocycles. The summed E-state index contributed by atoms with van der Waals surface area (Å²) >= 11 is 0. The molecule has 0 saturated heterocycles. The van der Waals surface area contributed by atoms with Gasteiger partial charge in [-0.15, -0.1) is 0 Å². The van der Waals surface area contributed by atoms with Gasteiger partial charge in [0.2, 0.25) is 0 Å². The van der Waals surface area contributed by atoms with Crippen molar-refractivity contribution >= 4 is 12.6 Å². The van der Waals surface area contributed by atoms with Gasteiger partial charge in [-0.2, -0.15) is 26.3 Å². The minimum Gasteiger partial charge on any atom is -0.361 e. The molecule has 1 unspecified atom stereocenters. The number of benzene rings is 1. The van der Waals surface area contributed by atoms with E-state index in [1.54, 1.807) is 0 Å². The molecule has 132 valence electrons. The predicted octanol–water partition coefficient (Wildman–Crippen LogP) is 4.40. The molecular formula is C15H9F6N3O. The number of rotatable bonds is 3. The summed E-state index contributed by atoms with van der Waals surface area (Å²) in [6.07, 6.45) is -6.76. The predicted molar refractivity (Wildman–Crippen MR) is 76.4 cm³/mol. The molecule has 0 fully saturated rings. The molecular weight excluding hydrogens is 352 g/mol. The number of nitrogens with zero attached hydrogens (tertiary/aromatic N) is 3. The molecule has 0 aliphatic carbocycles. The van der Waals surface area contributed by atoms with Gasteiger partial charge in [-0.3, -0.25) is 4.99 Å². The van der Waals surface area contributed by atoms with Crippen molar-refractivity contribution in [1.29, 1.82) is 0 Å². The summed E-state index contributed by atoms with van der Waals surface area (Å²) in [5.41, 5.74) is -3.50. The first-order valence-corrected chi connectivity index (χ1v) is 6.94. The standard InChI is InChI=1S/C15H9F6N3O/c16-14(17,18)8-1-2-11(12(3-8)15(19,20)21)13-5-10(25-24-13)4-9-6-22-7-23-9/h1-3,5-7,9H,4H2. The molecule has 10 heteroatoms. The van der Waals surface area contributed by atoms with Crippen molar-refractivity contribution in [3.8, 4) is 11.3 Å². The SMILES string of the molecule is FC(F)(F)c1ccc(-c2cc(CC3C=NC=N3)on2)c(C(F)(F)F)c1. The summed E-state index contributed by atoms with van der Waals surface area (Å²) in [5.74, 6) is 0.249. The molecule has 3 rings (SSSR count). The molecule has 0 bridgehead atoms. The van der Waals surface area contributed by atoms with Crippen LogP contribution < -0.4 is 0 Å². The summed E-state index contributed by atoms with van der Waals surface area (Å²) in [4.78, 5) is 7.74. The van der Waals surface area contributed by atoms with Gasteiger partial charge in [-0.05, 0) is 12.1 Å². The van der Waals surface area contributed by atoms with Crippen molar-refractivity contribution in [3.05, 3.63) is 41.2 Å². The second-order valence-corrected chi connectivity index (χ2v) is 5.27. The lowest BCUT2D eigenvalue weighted by atomic mass is 10.00. The third-order valence-corrected chi connectivity index (χ3v) is 3.48. The number of aromatic nitrogens is 1. The molecule has 0 radical (unpaired) electrons. The second-order valence-electron chi connectivity index (χ2n) is 5.27. The molecule has 1 atom stereocenters. The van der Waals surface area contributed by atoms with Crippen LogP contribution in [0.25, 0.3) is 11.3 Å². The van der Waals surface area contributed by atoms with Gasteiger partial charge in [-0.1, -0.05) is 11.2 Å². The molecule has 0 saturated carbocycles. The van der Waals surface area contributed by atoms with Crippen LogP contribution in [0.15, 0.2) is 38.8 Å². The van der Waals surface area contributed by atoms with Gasteiger partial charge < -0.3 is 4.52 Å². The number of alkyl halides is 6. The van der Waals surface area contributed by atoms with E-state index < -0.39 is 29.0 Å². The van der Waals surface area contributed by atoms with E-state index in [0.717, 1.165) is 6.07 Å². The van der Waals surface area contributed by atoms with Crippen LogP contribution in [0.4, 0.5) is 26.3 Å². The van der Waals surface area contributed by atoms with Gasteiger partial charge in [0.25, 0.3) is 0 Å². The molecule has 4 nitrogen and oxygen atoms in total. The largest absolute Gasteiger partial charge is 0.417 e. The Morgan fingerprint density at radius 2 is 1.76 bits per heavy atom. The van der Waals surface area contributed by atoms with Crippen LogP contribution in [-0.2, 0) is 18.8 Å². The molecule has 2 aromatic rings. The minimum atomic E-state index is -4.97. The highest BCUT2D eigenvalue weighted by molar-refractivity contribution is 5.82. The average molecular weight is 361 g/mol. The quantitative estimate of drug-likeness (QED) is 0.761. The second kappa shape index (κ2) is 6.01. The zero-order valence-electron chi connectivity index (χ0n) is 12.3. The maximum Gasteiger partial charge on any atom is 0.417 e. The lowest BCUT2D eigenvalue weighted by Crippen LogP contribution is -2.12. The zero-order valence-corrected chi connectivity index (χ0v) is 12.3. The molecule has 1 aliphatic rings. The summed E-state index contributed by atoms with van der Waals surface area (Å²) in [7, 11) is 0. The summed E-state index contributed by atoms with van der Waals surface area (Å²) in [6, 6.07) is 2.32. The summed E-state index contributed by atoms with van der Waals surface area (Å²) in [5, 5.41) is 3.54. The van der Waals surface area contributed by atoms with E-state index in [1.807, 2.05) is 0 Å². The maximum absolute atomic E-state index is 13.2. The molecule has 1 aliphatic heterocycles. The van der Waals surface area contributed by atoms with E-state index in [0.29, 0.717) is 6.07 Å². The Morgan fingerprint density at radius 3 is 2.36 bits per heavy atom. The number of hydrogen-bond donors (Lipinski definition) is 0. The highest BCUT2D eigenvalue weighted by atomic mass is 19.4. The lowest BCUT2D eigenvalue weighted by molar-refractivity contribution is -0.142. The first kappa shape index (κ1) is 17.2. The average Bonchev–Trinajstić information content (AvgIpc) is 3.17. The highest BCUT2D eigenvalue weighted by Gasteiger charge is 2.38. The zero-order chi connectivity index (χ0) is 18.2. The van der Waals surface area contributed by atoms with Crippen LogP contribution in [0.5, 0.6) is 0 Å². The van der Waals surface area contributed by atoms with Crippen LogP contribution >= 0.6 is 0 Å². The fourth-order valence-corrected chi connectivity index (χ4v) is 2.33. The van der Waals surface area contributed by atoms with Crippen LogP contribution in [0.2, 0.25) is 0 Å². The number of aliphatic imine (C=N–C) groups is 2. The molecule has 1 aromatic heterocycles. The van der Waals surface area contributed by atoms with Gasteiger partial charge in [0, 0.05) is 24.3 Å². The Kier molecular flexibility index (Phi) is 4.13. The highest BCUT2D eigenvalue weighted by Crippen LogP contribution is 2.40. The third kappa shape index (κ3) is 3.72. The van der Waals surface area contributed by atoms with Gasteiger partial charge >= 0.3 is 12.4 Å². The Balaban J connectivity index is 1.97. The van der Waals surface area contributed by atoms with Crippen molar-refractivity contribution in [2.24, 2.45) is 9.98 Å². The molecule has 0 spiro atoms.